The second kappa shape index (κ2) is 9.62. The molecule has 156 valence electrons. The van der Waals surface area contributed by atoms with E-state index in [1.54, 1.807) is 0 Å². The fourth-order valence-electron chi connectivity index (χ4n) is 2.67. The van der Waals surface area contributed by atoms with E-state index in [4.69, 9.17) is 0 Å². The maximum Gasteiger partial charge on any atom is 0.243 e. The molecule has 2 aromatic carbocycles. The van der Waals surface area contributed by atoms with Crippen LogP contribution in [0, 0.1) is 19.7 Å². The predicted molar refractivity (Wildman–Crippen MR) is 108 cm³/mol. The van der Waals surface area contributed by atoms with Crippen LogP contribution in [0.15, 0.2) is 47.4 Å². The van der Waals surface area contributed by atoms with Crippen molar-refractivity contribution in [2.24, 2.45) is 0 Å². The number of aryl methyl sites for hydroxylation is 2. The fraction of sp³-hybridized carbons (Fsp3) is 0.300. The SMILES string of the molecule is Cc1cccc(C)c1NC(=O)CN(C)C(=O)CCNS(=O)(=O)c1ccc(F)cc1. The van der Waals surface area contributed by atoms with E-state index in [2.05, 4.69) is 10.0 Å². The number of nitrogens with zero attached hydrogens (tertiary/aromatic N) is 1. The number of carbonyl (C=O) groups is 2. The number of sulfonamides is 1. The average molecular weight is 421 g/mol. The molecule has 0 heterocycles. The molecule has 0 unspecified atom stereocenters. The highest BCUT2D eigenvalue weighted by Crippen LogP contribution is 2.19. The molecule has 0 saturated heterocycles. The summed E-state index contributed by atoms with van der Waals surface area (Å²) in [4.78, 5) is 25.6. The minimum atomic E-state index is -3.84. The van der Waals surface area contributed by atoms with E-state index in [9.17, 15) is 22.4 Å². The summed E-state index contributed by atoms with van der Waals surface area (Å²) in [6, 6.07) is 10.0. The Bertz CT molecular complexity index is 971. The summed E-state index contributed by atoms with van der Waals surface area (Å²) in [5, 5.41) is 2.80. The molecule has 0 aliphatic rings. The van der Waals surface area contributed by atoms with E-state index >= 15 is 0 Å². The largest absolute Gasteiger partial charge is 0.336 e. The van der Waals surface area contributed by atoms with Crippen molar-refractivity contribution < 1.29 is 22.4 Å². The van der Waals surface area contributed by atoms with Gasteiger partial charge in [-0.05, 0) is 49.2 Å². The van der Waals surface area contributed by atoms with Crippen molar-refractivity contribution in [3.8, 4) is 0 Å². The van der Waals surface area contributed by atoms with Gasteiger partial charge in [0.05, 0.1) is 11.4 Å². The molecule has 0 saturated carbocycles. The third-order valence-electron chi connectivity index (χ3n) is 4.31. The number of halogens is 1. The van der Waals surface area contributed by atoms with Gasteiger partial charge in [0.1, 0.15) is 5.82 Å². The van der Waals surface area contributed by atoms with E-state index in [1.165, 1.54) is 11.9 Å². The molecule has 7 nitrogen and oxygen atoms in total. The lowest BCUT2D eigenvalue weighted by Gasteiger charge is -2.18. The number of likely N-dealkylation sites (N-methyl/N-ethyl adjacent to an activating group) is 1. The first kappa shape index (κ1) is 22.5. The molecule has 0 aliphatic heterocycles. The number of hydrogen-bond donors (Lipinski definition) is 2. The Kier molecular flexibility index (Phi) is 7.46. The van der Waals surface area contributed by atoms with Crippen LogP contribution in [0.3, 0.4) is 0 Å². The van der Waals surface area contributed by atoms with Gasteiger partial charge in [0.15, 0.2) is 0 Å². The van der Waals surface area contributed by atoms with Gasteiger partial charge in [0.2, 0.25) is 21.8 Å². The van der Waals surface area contributed by atoms with Crippen LogP contribution in [0.4, 0.5) is 10.1 Å². The van der Waals surface area contributed by atoms with Gasteiger partial charge in [-0.1, -0.05) is 18.2 Å². The van der Waals surface area contributed by atoms with Gasteiger partial charge in [-0.2, -0.15) is 0 Å². The normalized spacial score (nSPS) is 11.2. The third kappa shape index (κ3) is 6.37. The Morgan fingerprint density at radius 2 is 1.62 bits per heavy atom. The van der Waals surface area contributed by atoms with Crippen molar-refractivity contribution in [3.05, 3.63) is 59.4 Å². The first-order chi connectivity index (χ1) is 13.6. The summed E-state index contributed by atoms with van der Waals surface area (Å²) in [5.41, 5.74) is 2.55. The van der Waals surface area contributed by atoms with Gasteiger partial charge in [0, 0.05) is 25.7 Å². The second-order valence-corrected chi connectivity index (χ2v) is 8.43. The quantitative estimate of drug-likeness (QED) is 0.683. The molecule has 9 heteroatoms. The van der Waals surface area contributed by atoms with Gasteiger partial charge >= 0.3 is 0 Å². The highest BCUT2D eigenvalue weighted by Gasteiger charge is 2.17. The number of anilines is 1. The van der Waals surface area contributed by atoms with Crippen molar-refractivity contribution in [2.45, 2.75) is 25.2 Å². The maximum atomic E-state index is 12.9. The van der Waals surface area contributed by atoms with Gasteiger partial charge in [0.25, 0.3) is 0 Å². The van der Waals surface area contributed by atoms with Crippen molar-refractivity contribution in [1.82, 2.24) is 9.62 Å². The van der Waals surface area contributed by atoms with Gasteiger partial charge in [-0.15, -0.1) is 0 Å². The zero-order valence-corrected chi connectivity index (χ0v) is 17.3. The molecule has 2 N–H and O–H groups in total. The van der Waals surface area contributed by atoms with Crippen LogP contribution in [0.5, 0.6) is 0 Å². The smallest absolute Gasteiger partial charge is 0.243 e. The second-order valence-electron chi connectivity index (χ2n) is 6.67. The van der Waals surface area contributed by atoms with Crippen molar-refractivity contribution >= 4 is 27.5 Å². The van der Waals surface area contributed by atoms with Crippen LogP contribution in [0.1, 0.15) is 17.5 Å². The number of hydrogen-bond acceptors (Lipinski definition) is 4. The molecule has 0 spiro atoms. The summed E-state index contributed by atoms with van der Waals surface area (Å²) < 4.78 is 39.4. The standard InChI is InChI=1S/C20H24FN3O4S/c1-14-5-4-6-15(2)20(14)23-18(25)13-24(3)19(26)11-12-22-29(27,28)17-9-7-16(21)8-10-17/h4-10,22H,11-13H2,1-3H3,(H,23,25). The monoisotopic (exact) mass is 421 g/mol. The topological polar surface area (TPSA) is 95.6 Å². The highest BCUT2D eigenvalue weighted by molar-refractivity contribution is 7.89. The number of para-hydroxylation sites is 1. The average Bonchev–Trinajstić information content (AvgIpc) is 2.65. The van der Waals surface area contributed by atoms with Crippen LogP contribution in [0.25, 0.3) is 0 Å². The number of rotatable bonds is 8. The maximum absolute atomic E-state index is 12.9. The lowest BCUT2D eigenvalue weighted by Crippen LogP contribution is -2.37. The first-order valence-electron chi connectivity index (χ1n) is 8.95. The Labute approximate surface area is 170 Å². The molecule has 0 atom stereocenters. The molecule has 0 fully saturated rings. The lowest BCUT2D eigenvalue weighted by atomic mass is 10.1. The van der Waals surface area contributed by atoms with Crippen molar-refractivity contribution in [2.75, 3.05) is 25.5 Å². The molecular weight excluding hydrogens is 397 g/mol. The molecule has 0 aliphatic carbocycles. The molecule has 0 bridgehead atoms. The molecule has 0 aromatic heterocycles. The van der Waals surface area contributed by atoms with Crippen molar-refractivity contribution in [3.63, 3.8) is 0 Å². The summed E-state index contributed by atoms with van der Waals surface area (Å²) in [5.74, 6) is -1.27. The minimum Gasteiger partial charge on any atom is -0.336 e. The van der Waals surface area contributed by atoms with Gasteiger partial charge in [-0.25, -0.2) is 17.5 Å². The van der Waals surface area contributed by atoms with E-state index in [-0.39, 0.29) is 36.2 Å². The number of nitrogens with one attached hydrogen (secondary N) is 2. The molecule has 29 heavy (non-hydrogen) atoms. The Balaban J connectivity index is 1.84. The van der Waals surface area contributed by atoms with Crippen LogP contribution >= 0.6 is 0 Å². The molecule has 0 radical (unpaired) electrons. The first-order valence-corrected chi connectivity index (χ1v) is 10.4. The van der Waals surface area contributed by atoms with Crippen molar-refractivity contribution in [1.29, 1.82) is 0 Å². The number of carbonyl (C=O) groups excluding carboxylic acids is 2. The zero-order chi connectivity index (χ0) is 21.6. The summed E-state index contributed by atoms with van der Waals surface area (Å²) >= 11 is 0. The van der Waals surface area contributed by atoms with E-state index < -0.39 is 15.8 Å². The zero-order valence-electron chi connectivity index (χ0n) is 16.5. The number of amides is 2. The molecule has 2 aromatic rings. The van der Waals surface area contributed by atoms with Gasteiger partial charge < -0.3 is 10.2 Å². The lowest BCUT2D eigenvalue weighted by molar-refractivity contribution is -0.133. The fourth-order valence-corrected chi connectivity index (χ4v) is 3.71. The van der Waals surface area contributed by atoms with Crippen LogP contribution in [-0.2, 0) is 19.6 Å². The molecule has 2 amide bonds. The minimum absolute atomic E-state index is 0.0901. The molecular formula is C20H24FN3O4S. The summed E-state index contributed by atoms with van der Waals surface area (Å²) in [7, 11) is -2.37. The van der Waals surface area contributed by atoms with Gasteiger partial charge in [-0.3, -0.25) is 9.59 Å². The molecule has 2 rings (SSSR count). The summed E-state index contributed by atoms with van der Waals surface area (Å²) in [6.45, 7) is 3.47. The summed E-state index contributed by atoms with van der Waals surface area (Å²) in [6.07, 6.45) is -0.117. The van der Waals surface area contributed by atoms with E-state index in [0.29, 0.717) is 5.69 Å². The Hall–Kier alpha value is -2.78. The highest BCUT2D eigenvalue weighted by atomic mass is 32.2. The van der Waals surface area contributed by atoms with Crippen LogP contribution < -0.4 is 10.0 Å². The van der Waals surface area contributed by atoms with E-state index in [1.807, 2.05) is 32.0 Å². The van der Waals surface area contributed by atoms with Crippen LogP contribution in [-0.4, -0.2) is 45.3 Å². The van der Waals surface area contributed by atoms with E-state index in [0.717, 1.165) is 35.4 Å². The Morgan fingerprint density at radius 3 is 2.21 bits per heavy atom. The van der Waals surface area contributed by atoms with Crippen LogP contribution in [0.2, 0.25) is 0 Å². The third-order valence-corrected chi connectivity index (χ3v) is 5.78. The predicted octanol–water partition coefficient (Wildman–Crippen LogP) is 2.21. The number of benzene rings is 2. The Morgan fingerprint density at radius 1 is 1.03 bits per heavy atom.